The maximum absolute atomic E-state index is 14.9. The Hall–Kier alpha value is -4.43. The summed E-state index contributed by atoms with van der Waals surface area (Å²) < 4.78 is 28.5. The largest absolute Gasteiger partial charge is 0.384 e. The van der Waals surface area contributed by atoms with Crippen molar-refractivity contribution in [2.24, 2.45) is 5.73 Å². The van der Waals surface area contributed by atoms with Gasteiger partial charge in [-0.2, -0.15) is 5.26 Å². The van der Waals surface area contributed by atoms with Gasteiger partial charge in [-0.1, -0.05) is 24.1 Å². The van der Waals surface area contributed by atoms with Gasteiger partial charge in [-0.05, 0) is 31.0 Å². The third-order valence-electron chi connectivity index (χ3n) is 6.58. The van der Waals surface area contributed by atoms with Gasteiger partial charge >= 0.3 is 0 Å². The molecule has 5 rings (SSSR count). The molecule has 8 heteroatoms. The second-order valence-corrected chi connectivity index (χ2v) is 8.26. The third kappa shape index (κ3) is 2.60. The molecule has 34 heavy (non-hydrogen) atoms. The molecular formula is C26H18F2N4O2. The van der Waals surface area contributed by atoms with Crippen molar-refractivity contribution in [1.82, 2.24) is 0 Å². The number of ketones is 1. The Bertz CT molecular complexity index is 1430. The number of hydrogen-bond donors (Lipinski definition) is 1. The molecule has 6 nitrogen and oxygen atoms in total. The van der Waals surface area contributed by atoms with Gasteiger partial charge in [0.05, 0.1) is 17.8 Å². The van der Waals surface area contributed by atoms with E-state index in [0.717, 1.165) is 6.07 Å². The van der Waals surface area contributed by atoms with E-state index in [-0.39, 0.29) is 41.4 Å². The molecule has 2 heterocycles. The quantitative estimate of drug-likeness (QED) is 0.700. The van der Waals surface area contributed by atoms with E-state index >= 15 is 0 Å². The van der Waals surface area contributed by atoms with Crippen molar-refractivity contribution in [3.05, 3.63) is 82.3 Å². The van der Waals surface area contributed by atoms with E-state index in [1.54, 1.807) is 24.3 Å². The van der Waals surface area contributed by atoms with Crippen LogP contribution in [0.4, 0.5) is 20.2 Å². The molecule has 0 saturated carbocycles. The highest BCUT2D eigenvalue weighted by atomic mass is 19.1. The molecule has 0 aromatic heterocycles. The highest BCUT2D eigenvalue weighted by Gasteiger charge is 2.62. The van der Waals surface area contributed by atoms with Crippen LogP contribution in [0.5, 0.6) is 0 Å². The van der Waals surface area contributed by atoms with Crippen LogP contribution >= 0.6 is 0 Å². The predicted molar refractivity (Wildman–Crippen MR) is 121 cm³/mol. The van der Waals surface area contributed by atoms with Crippen molar-refractivity contribution in [3.8, 4) is 18.4 Å². The summed E-state index contributed by atoms with van der Waals surface area (Å²) in [5, 5.41) is 10.3. The summed E-state index contributed by atoms with van der Waals surface area (Å²) in [6.45, 7) is -0.0662. The molecule has 2 aromatic carbocycles. The Morgan fingerprint density at radius 3 is 2.59 bits per heavy atom. The van der Waals surface area contributed by atoms with Crippen molar-refractivity contribution in [2.45, 2.75) is 24.7 Å². The van der Waals surface area contributed by atoms with Gasteiger partial charge in [0, 0.05) is 35.0 Å². The number of rotatable bonds is 2. The molecule has 0 fully saturated rings. The van der Waals surface area contributed by atoms with Gasteiger partial charge in [-0.25, -0.2) is 8.78 Å². The first-order valence-corrected chi connectivity index (χ1v) is 10.6. The fourth-order valence-electron chi connectivity index (χ4n) is 5.31. The van der Waals surface area contributed by atoms with Crippen LogP contribution in [0.1, 0.15) is 24.8 Å². The van der Waals surface area contributed by atoms with Crippen molar-refractivity contribution < 1.29 is 18.4 Å². The molecule has 168 valence electrons. The third-order valence-corrected chi connectivity index (χ3v) is 6.58. The van der Waals surface area contributed by atoms with Gasteiger partial charge < -0.3 is 5.73 Å². The highest BCUT2D eigenvalue weighted by Crippen LogP contribution is 2.56. The minimum absolute atomic E-state index is 0.0662. The Morgan fingerprint density at radius 2 is 1.88 bits per heavy atom. The molecule has 1 aliphatic carbocycles. The van der Waals surface area contributed by atoms with Crippen molar-refractivity contribution >= 4 is 23.1 Å². The number of nitrogens with two attached hydrogens (primary N) is 1. The van der Waals surface area contributed by atoms with Gasteiger partial charge in [0.15, 0.2) is 5.78 Å². The molecule has 2 aromatic rings. The first-order valence-electron chi connectivity index (χ1n) is 10.6. The van der Waals surface area contributed by atoms with Gasteiger partial charge in [-0.15, -0.1) is 6.42 Å². The topological polar surface area (TPSA) is 90.4 Å². The van der Waals surface area contributed by atoms with Gasteiger partial charge in [0.2, 0.25) is 5.91 Å². The monoisotopic (exact) mass is 456 g/mol. The second kappa shape index (κ2) is 7.57. The Kier molecular flexibility index (Phi) is 4.77. The minimum atomic E-state index is -1.79. The fourth-order valence-corrected chi connectivity index (χ4v) is 5.31. The van der Waals surface area contributed by atoms with E-state index in [1.807, 2.05) is 6.07 Å². The summed E-state index contributed by atoms with van der Waals surface area (Å²) in [4.78, 5) is 30.2. The van der Waals surface area contributed by atoms with Crippen molar-refractivity contribution in [1.29, 1.82) is 5.26 Å². The molecule has 1 atom stereocenters. The van der Waals surface area contributed by atoms with E-state index in [9.17, 15) is 23.6 Å². The molecule has 2 N–H and O–H groups in total. The summed E-state index contributed by atoms with van der Waals surface area (Å²) in [6, 6.07) is 11.8. The number of halogens is 2. The Morgan fingerprint density at radius 1 is 1.12 bits per heavy atom. The first kappa shape index (κ1) is 21.4. The number of nitrogens with zero attached hydrogens (tertiary/aromatic N) is 3. The molecule has 0 radical (unpaired) electrons. The Balaban J connectivity index is 1.89. The zero-order valence-corrected chi connectivity index (χ0v) is 17.9. The maximum atomic E-state index is 14.9. The van der Waals surface area contributed by atoms with Crippen LogP contribution in [0.3, 0.4) is 0 Å². The van der Waals surface area contributed by atoms with Crippen LogP contribution in [0.25, 0.3) is 0 Å². The molecule has 0 bridgehead atoms. The molecule has 1 spiro atoms. The number of carbonyl (C=O) groups excluding carboxylic acids is 2. The summed E-state index contributed by atoms with van der Waals surface area (Å²) >= 11 is 0. The van der Waals surface area contributed by atoms with E-state index < -0.39 is 23.0 Å². The lowest BCUT2D eigenvalue weighted by molar-refractivity contribution is -0.124. The standard InChI is InChI=1S/C26H18F2N4O2/c1-2-12-31-19-7-4-3-6-16(19)26(25(31)34)17(14-29)24(30)32(20-11-10-15(27)13-18(20)28)21-8-5-9-22(33)23(21)26/h1,3-4,6-7,10-11,13H,5,8-9,12,30H2/t26-/m0/s1. The van der Waals surface area contributed by atoms with Crippen LogP contribution in [0.15, 0.2) is 65.1 Å². The van der Waals surface area contributed by atoms with Crippen LogP contribution < -0.4 is 15.5 Å². The number of Topliss-reactive ketones (excluding diaryl/α,β-unsaturated/α-hetero) is 1. The first-order chi connectivity index (χ1) is 16.4. The van der Waals surface area contributed by atoms with Crippen LogP contribution in [-0.4, -0.2) is 18.2 Å². The molecule has 3 aliphatic rings. The normalized spacial score (nSPS) is 21.5. The summed E-state index contributed by atoms with van der Waals surface area (Å²) in [6.07, 6.45) is 6.44. The lowest BCUT2D eigenvalue weighted by Gasteiger charge is -2.43. The number of terminal acetylenes is 1. The number of nitriles is 1. The minimum Gasteiger partial charge on any atom is -0.384 e. The van der Waals surface area contributed by atoms with Crippen LogP contribution in [0.2, 0.25) is 0 Å². The molecule has 1 amide bonds. The summed E-state index contributed by atoms with van der Waals surface area (Å²) in [5.41, 5.74) is 5.72. The number of anilines is 2. The lowest BCUT2D eigenvalue weighted by atomic mass is 9.63. The lowest BCUT2D eigenvalue weighted by Crippen LogP contribution is -2.52. The molecule has 0 saturated heterocycles. The van der Waals surface area contributed by atoms with Gasteiger partial charge in [0.25, 0.3) is 0 Å². The summed E-state index contributed by atoms with van der Waals surface area (Å²) in [5.74, 6) is -0.304. The van der Waals surface area contributed by atoms with Gasteiger partial charge in [-0.3, -0.25) is 19.4 Å². The fraction of sp³-hybridized carbons (Fsp3) is 0.192. The zero-order valence-electron chi connectivity index (χ0n) is 17.9. The smallest absolute Gasteiger partial charge is 0.248 e. The van der Waals surface area contributed by atoms with Crippen LogP contribution in [-0.2, 0) is 15.0 Å². The maximum Gasteiger partial charge on any atom is 0.248 e. The average Bonchev–Trinajstić information content (AvgIpc) is 3.05. The highest BCUT2D eigenvalue weighted by molar-refractivity contribution is 6.20. The number of amides is 1. The van der Waals surface area contributed by atoms with Gasteiger partial charge in [0.1, 0.15) is 28.9 Å². The van der Waals surface area contributed by atoms with Crippen molar-refractivity contribution in [3.63, 3.8) is 0 Å². The van der Waals surface area contributed by atoms with E-state index in [0.29, 0.717) is 35.9 Å². The SMILES string of the molecule is C#CCN1C(=O)[C@]2(C(C#N)=C(N)N(c3ccc(F)cc3F)C3=C2C(=O)CCC3)c2ccccc21. The van der Waals surface area contributed by atoms with Crippen LogP contribution in [0, 0.1) is 35.3 Å². The number of benzene rings is 2. The summed E-state index contributed by atoms with van der Waals surface area (Å²) in [7, 11) is 0. The number of allylic oxidation sites excluding steroid dienone is 1. The number of carbonyl (C=O) groups is 2. The molecular weight excluding hydrogens is 438 g/mol. The average molecular weight is 456 g/mol. The van der Waals surface area contributed by atoms with E-state index in [1.165, 1.54) is 15.9 Å². The number of para-hydroxylation sites is 1. The number of hydrogen-bond acceptors (Lipinski definition) is 5. The zero-order chi connectivity index (χ0) is 24.2. The molecule has 0 unspecified atom stereocenters. The predicted octanol–water partition coefficient (Wildman–Crippen LogP) is 3.40. The van der Waals surface area contributed by atoms with E-state index in [4.69, 9.17) is 12.2 Å². The molecule has 2 aliphatic heterocycles. The second-order valence-electron chi connectivity index (χ2n) is 8.26. The number of fused-ring (bicyclic) bond motifs is 3. The van der Waals surface area contributed by atoms with Crippen molar-refractivity contribution in [2.75, 3.05) is 16.3 Å². The Labute approximate surface area is 194 Å². The van der Waals surface area contributed by atoms with E-state index in [2.05, 4.69) is 5.92 Å².